The minimum Gasteiger partial charge on any atom is -0.495 e. The summed E-state index contributed by atoms with van der Waals surface area (Å²) in [7, 11) is 2.93. The number of nitrogen functional groups attached to an aromatic ring is 1. The van der Waals surface area contributed by atoms with Crippen molar-refractivity contribution < 1.29 is 14.4 Å². The number of ether oxygens (including phenoxy) is 2. The molecule has 0 radical (unpaired) electrons. The minimum atomic E-state index is -0.480. The van der Waals surface area contributed by atoms with Gasteiger partial charge in [0.2, 0.25) is 0 Å². The van der Waals surface area contributed by atoms with Crippen LogP contribution in [0.15, 0.2) is 36.4 Å². The molecule has 104 valence electrons. The van der Waals surface area contributed by atoms with Gasteiger partial charge in [-0.2, -0.15) is 0 Å². The Labute approximate surface area is 115 Å². The van der Waals surface area contributed by atoms with Crippen molar-refractivity contribution in [3.8, 4) is 22.6 Å². The second-order valence-corrected chi connectivity index (χ2v) is 4.10. The molecule has 6 nitrogen and oxygen atoms in total. The van der Waals surface area contributed by atoms with Crippen molar-refractivity contribution in [2.75, 3.05) is 20.0 Å². The molecule has 0 aliphatic heterocycles. The van der Waals surface area contributed by atoms with Crippen LogP contribution in [0.2, 0.25) is 0 Å². The normalized spacial score (nSPS) is 10.1. The van der Waals surface area contributed by atoms with E-state index in [0.717, 1.165) is 11.1 Å². The first kappa shape index (κ1) is 13.7. The van der Waals surface area contributed by atoms with Gasteiger partial charge < -0.3 is 15.2 Å². The zero-order chi connectivity index (χ0) is 14.7. The summed E-state index contributed by atoms with van der Waals surface area (Å²) in [6, 6.07) is 10.0. The predicted octanol–water partition coefficient (Wildman–Crippen LogP) is 2.86. The Hall–Kier alpha value is -2.76. The molecule has 0 aliphatic rings. The molecule has 0 unspecified atom stereocenters. The maximum absolute atomic E-state index is 10.9. The summed E-state index contributed by atoms with van der Waals surface area (Å²) in [5.41, 5.74) is 7.84. The molecule has 0 saturated carbocycles. The summed E-state index contributed by atoms with van der Waals surface area (Å²) in [4.78, 5) is 10.4. The first-order valence-corrected chi connectivity index (χ1v) is 5.83. The molecule has 0 spiro atoms. The van der Waals surface area contributed by atoms with E-state index in [9.17, 15) is 10.1 Å². The van der Waals surface area contributed by atoms with Crippen LogP contribution in [0.4, 0.5) is 11.4 Å². The number of benzene rings is 2. The third-order valence-corrected chi connectivity index (χ3v) is 2.94. The Balaban J connectivity index is 2.50. The van der Waals surface area contributed by atoms with Gasteiger partial charge in [-0.25, -0.2) is 0 Å². The van der Waals surface area contributed by atoms with E-state index in [4.69, 9.17) is 15.2 Å². The molecule has 2 N–H and O–H groups in total. The minimum absolute atomic E-state index is 0.0707. The second kappa shape index (κ2) is 5.48. The third-order valence-electron chi connectivity index (χ3n) is 2.94. The SMILES string of the molecule is COc1cc(-c2ccc([N+](=O)[O-])c(OC)c2)ccc1N. The Bertz CT molecular complexity index is 656. The molecule has 0 aromatic heterocycles. The summed E-state index contributed by atoms with van der Waals surface area (Å²) in [6.45, 7) is 0. The molecule has 0 amide bonds. The monoisotopic (exact) mass is 274 g/mol. The highest BCUT2D eigenvalue weighted by Crippen LogP contribution is 2.34. The van der Waals surface area contributed by atoms with Gasteiger partial charge in [0.25, 0.3) is 0 Å². The molecule has 0 bridgehead atoms. The molecule has 20 heavy (non-hydrogen) atoms. The number of methoxy groups -OCH3 is 2. The van der Waals surface area contributed by atoms with E-state index in [-0.39, 0.29) is 11.4 Å². The summed E-state index contributed by atoms with van der Waals surface area (Å²) >= 11 is 0. The van der Waals surface area contributed by atoms with Crippen LogP contribution < -0.4 is 15.2 Å². The number of nitrogens with two attached hydrogens (primary N) is 1. The van der Waals surface area contributed by atoms with Gasteiger partial charge in [-0.3, -0.25) is 10.1 Å². The summed E-state index contributed by atoms with van der Waals surface area (Å²) in [5.74, 6) is 0.767. The average Bonchev–Trinajstić information content (AvgIpc) is 2.46. The first-order chi connectivity index (χ1) is 9.56. The molecule has 0 fully saturated rings. The lowest BCUT2D eigenvalue weighted by molar-refractivity contribution is -0.385. The molecular formula is C14H14N2O4. The smallest absolute Gasteiger partial charge is 0.310 e. The fraction of sp³-hybridized carbons (Fsp3) is 0.143. The summed E-state index contributed by atoms with van der Waals surface area (Å²) in [6.07, 6.45) is 0. The van der Waals surface area contributed by atoms with Crippen LogP contribution in [-0.4, -0.2) is 19.1 Å². The van der Waals surface area contributed by atoms with E-state index in [2.05, 4.69) is 0 Å². The van der Waals surface area contributed by atoms with E-state index < -0.39 is 4.92 Å². The van der Waals surface area contributed by atoms with Crippen LogP contribution in [0.1, 0.15) is 0 Å². The molecular weight excluding hydrogens is 260 g/mol. The average molecular weight is 274 g/mol. The van der Waals surface area contributed by atoms with Crippen molar-refractivity contribution in [3.05, 3.63) is 46.5 Å². The largest absolute Gasteiger partial charge is 0.495 e. The quantitative estimate of drug-likeness (QED) is 0.526. The number of nitro benzene ring substituents is 1. The number of rotatable bonds is 4. The molecule has 2 rings (SSSR count). The maximum atomic E-state index is 10.9. The van der Waals surface area contributed by atoms with E-state index >= 15 is 0 Å². The fourth-order valence-electron chi connectivity index (χ4n) is 1.90. The number of nitrogens with zero attached hydrogens (tertiary/aromatic N) is 1. The highest BCUT2D eigenvalue weighted by molar-refractivity contribution is 5.72. The Morgan fingerprint density at radius 3 is 2.10 bits per heavy atom. The Kier molecular flexibility index (Phi) is 3.74. The number of nitro groups is 1. The zero-order valence-corrected chi connectivity index (χ0v) is 11.1. The maximum Gasteiger partial charge on any atom is 0.310 e. The van der Waals surface area contributed by atoms with Crippen LogP contribution in [0, 0.1) is 10.1 Å². The Morgan fingerprint density at radius 2 is 1.55 bits per heavy atom. The second-order valence-electron chi connectivity index (χ2n) is 4.10. The predicted molar refractivity (Wildman–Crippen MR) is 76.0 cm³/mol. The van der Waals surface area contributed by atoms with Crippen LogP contribution in [0.5, 0.6) is 11.5 Å². The lowest BCUT2D eigenvalue weighted by Gasteiger charge is -2.09. The third kappa shape index (κ3) is 2.49. The molecule has 0 aliphatic carbocycles. The fourth-order valence-corrected chi connectivity index (χ4v) is 1.90. The van der Waals surface area contributed by atoms with Crippen molar-refractivity contribution in [1.82, 2.24) is 0 Å². The van der Waals surface area contributed by atoms with Crippen LogP contribution in [0.25, 0.3) is 11.1 Å². The van der Waals surface area contributed by atoms with Crippen LogP contribution in [0.3, 0.4) is 0 Å². The molecule has 0 atom stereocenters. The lowest BCUT2D eigenvalue weighted by atomic mass is 10.0. The molecule has 0 heterocycles. The van der Waals surface area contributed by atoms with Gasteiger partial charge in [0.05, 0.1) is 24.8 Å². The van der Waals surface area contributed by atoms with E-state index in [1.54, 1.807) is 24.3 Å². The molecule has 6 heteroatoms. The van der Waals surface area contributed by atoms with Crippen molar-refractivity contribution in [2.24, 2.45) is 0 Å². The number of anilines is 1. The first-order valence-electron chi connectivity index (χ1n) is 5.83. The van der Waals surface area contributed by atoms with Gasteiger partial charge in [0.15, 0.2) is 5.75 Å². The highest BCUT2D eigenvalue weighted by Gasteiger charge is 2.15. The Morgan fingerprint density at radius 1 is 1.00 bits per heavy atom. The summed E-state index contributed by atoms with van der Waals surface area (Å²) in [5, 5.41) is 10.9. The summed E-state index contributed by atoms with van der Waals surface area (Å²) < 4.78 is 10.2. The van der Waals surface area contributed by atoms with Gasteiger partial charge in [-0.1, -0.05) is 6.07 Å². The van der Waals surface area contributed by atoms with Crippen molar-refractivity contribution >= 4 is 11.4 Å². The molecule has 2 aromatic carbocycles. The van der Waals surface area contributed by atoms with Gasteiger partial charge in [-0.15, -0.1) is 0 Å². The van der Waals surface area contributed by atoms with Gasteiger partial charge >= 0.3 is 5.69 Å². The van der Waals surface area contributed by atoms with Crippen molar-refractivity contribution in [3.63, 3.8) is 0 Å². The van der Waals surface area contributed by atoms with Gasteiger partial charge in [0.1, 0.15) is 5.75 Å². The zero-order valence-electron chi connectivity index (χ0n) is 11.1. The highest BCUT2D eigenvalue weighted by atomic mass is 16.6. The topological polar surface area (TPSA) is 87.6 Å². The lowest BCUT2D eigenvalue weighted by Crippen LogP contribution is -1.95. The van der Waals surface area contributed by atoms with Crippen LogP contribution >= 0.6 is 0 Å². The van der Waals surface area contributed by atoms with Gasteiger partial charge in [-0.05, 0) is 35.4 Å². The van der Waals surface area contributed by atoms with E-state index in [1.165, 1.54) is 20.3 Å². The van der Waals surface area contributed by atoms with E-state index in [1.807, 2.05) is 6.07 Å². The van der Waals surface area contributed by atoms with E-state index in [0.29, 0.717) is 11.4 Å². The number of hydrogen-bond acceptors (Lipinski definition) is 5. The van der Waals surface area contributed by atoms with Crippen molar-refractivity contribution in [2.45, 2.75) is 0 Å². The van der Waals surface area contributed by atoms with Gasteiger partial charge in [0, 0.05) is 6.07 Å². The van der Waals surface area contributed by atoms with Crippen LogP contribution in [-0.2, 0) is 0 Å². The molecule has 2 aromatic rings. The molecule has 0 saturated heterocycles. The standard InChI is InChI=1S/C14H14N2O4/c1-19-13-7-9(3-5-11(13)15)10-4-6-12(16(17)18)14(8-10)20-2/h3-8H,15H2,1-2H3. The number of hydrogen-bond donors (Lipinski definition) is 1. The van der Waals surface area contributed by atoms with Crippen molar-refractivity contribution in [1.29, 1.82) is 0 Å².